The van der Waals surface area contributed by atoms with Crippen LogP contribution in [0.5, 0.6) is 11.5 Å². The Morgan fingerprint density at radius 1 is 1.17 bits per heavy atom. The van der Waals surface area contributed by atoms with Crippen LogP contribution in [0, 0.1) is 3.57 Å². The number of amides is 1. The SMILES string of the molecule is COc1cc(/C=C2\SC(=Nc3ccc(C(=O)O)cc3)N(C)C2=O)cc(Cl)c1OCc1ccc(I)cc1. The van der Waals surface area contributed by atoms with Crippen LogP contribution in [0.15, 0.2) is 70.6 Å². The molecule has 1 heterocycles. The lowest BCUT2D eigenvalue weighted by Gasteiger charge is -2.13. The molecular weight excluding hydrogens is 615 g/mol. The minimum atomic E-state index is -1.01. The molecule has 184 valence electrons. The molecule has 0 radical (unpaired) electrons. The Labute approximate surface area is 230 Å². The number of amidine groups is 1. The Hall–Kier alpha value is -3.02. The van der Waals surface area contributed by atoms with Crippen LogP contribution in [0.1, 0.15) is 21.5 Å². The van der Waals surface area contributed by atoms with Crippen molar-refractivity contribution in [2.75, 3.05) is 14.2 Å². The van der Waals surface area contributed by atoms with Gasteiger partial charge in [0.1, 0.15) is 6.61 Å². The minimum absolute atomic E-state index is 0.167. The van der Waals surface area contributed by atoms with Gasteiger partial charge in [-0.15, -0.1) is 0 Å². The minimum Gasteiger partial charge on any atom is -0.493 e. The van der Waals surface area contributed by atoms with Gasteiger partial charge < -0.3 is 14.6 Å². The fourth-order valence-corrected chi connectivity index (χ4v) is 4.91. The Balaban J connectivity index is 1.55. The molecule has 1 N–H and O–H groups in total. The van der Waals surface area contributed by atoms with Gasteiger partial charge in [0.05, 0.1) is 28.3 Å². The largest absolute Gasteiger partial charge is 0.493 e. The van der Waals surface area contributed by atoms with Crippen LogP contribution in [0.4, 0.5) is 5.69 Å². The molecule has 1 saturated heterocycles. The number of likely N-dealkylation sites (N-methyl/N-ethyl adjacent to an activating group) is 1. The summed E-state index contributed by atoms with van der Waals surface area (Å²) < 4.78 is 12.6. The number of carbonyl (C=O) groups excluding carboxylic acids is 1. The predicted molar refractivity (Wildman–Crippen MR) is 150 cm³/mol. The van der Waals surface area contributed by atoms with E-state index in [4.69, 9.17) is 26.2 Å². The summed E-state index contributed by atoms with van der Waals surface area (Å²) in [5.74, 6) is -0.345. The first-order valence-corrected chi connectivity index (χ1v) is 12.9. The van der Waals surface area contributed by atoms with E-state index in [1.54, 1.807) is 37.4 Å². The summed E-state index contributed by atoms with van der Waals surface area (Å²) in [5.41, 5.74) is 2.39. The van der Waals surface area contributed by atoms with Crippen molar-refractivity contribution in [2.45, 2.75) is 6.61 Å². The summed E-state index contributed by atoms with van der Waals surface area (Å²) in [6.07, 6.45) is 1.72. The van der Waals surface area contributed by atoms with Gasteiger partial charge in [-0.05, 0) is 100 Å². The molecular formula is C26H20ClIN2O5S. The summed E-state index contributed by atoms with van der Waals surface area (Å²) in [5, 5.41) is 9.89. The van der Waals surface area contributed by atoms with E-state index in [0.717, 1.165) is 9.13 Å². The standard InChI is InChI=1S/C26H20ClIN2O5S/c1-30-24(31)22(36-26(30)29-19-9-5-17(6-10-19)25(32)33)13-16-11-20(27)23(21(12-16)34-2)35-14-15-3-7-18(28)8-4-15/h3-13H,14H2,1-2H3,(H,32,33)/b22-13-,29-26?. The number of aromatic carboxylic acids is 1. The monoisotopic (exact) mass is 634 g/mol. The van der Waals surface area contributed by atoms with Crippen molar-refractivity contribution in [1.29, 1.82) is 0 Å². The molecule has 0 aliphatic carbocycles. The zero-order valence-corrected chi connectivity index (χ0v) is 22.9. The highest BCUT2D eigenvalue weighted by Crippen LogP contribution is 2.39. The number of halogens is 2. The van der Waals surface area contributed by atoms with Crippen molar-refractivity contribution >= 4 is 74.8 Å². The fourth-order valence-electron chi connectivity index (χ4n) is 3.29. The normalized spacial score (nSPS) is 15.6. The molecule has 1 fully saturated rings. The molecule has 0 aromatic heterocycles. The first-order valence-electron chi connectivity index (χ1n) is 10.6. The maximum atomic E-state index is 12.8. The number of benzene rings is 3. The lowest BCUT2D eigenvalue weighted by molar-refractivity contribution is -0.121. The molecule has 1 aliphatic rings. The number of carboxylic acid groups (broad SMARTS) is 1. The van der Waals surface area contributed by atoms with Crippen LogP contribution >= 0.6 is 46.0 Å². The zero-order chi connectivity index (χ0) is 25.8. The number of aliphatic imine (C=N–C) groups is 1. The van der Waals surface area contributed by atoms with Crippen molar-refractivity contribution < 1.29 is 24.2 Å². The second kappa shape index (κ2) is 11.4. The summed E-state index contributed by atoms with van der Waals surface area (Å²) in [6.45, 7) is 0.333. The number of thioether (sulfide) groups is 1. The van der Waals surface area contributed by atoms with E-state index in [1.165, 1.54) is 35.9 Å². The molecule has 0 spiro atoms. The van der Waals surface area contributed by atoms with E-state index < -0.39 is 5.97 Å². The first-order chi connectivity index (χ1) is 17.2. The summed E-state index contributed by atoms with van der Waals surface area (Å²) in [7, 11) is 3.17. The molecule has 0 unspecified atom stereocenters. The number of carbonyl (C=O) groups is 2. The molecule has 7 nitrogen and oxygen atoms in total. The Kier molecular flexibility index (Phi) is 8.22. The van der Waals surface area contributed by atoms with Crippen molar-refractivity contribution in [1.82, 2.24) is 4.90 Å². The van der Waals surface area contributed by atoms with Crippen LogP contribution in [0.2, 0.25) is 5.02 Å². The average molecular weight is 635 g/mol. The van der Waals surface area contributed by atoms with Crippen LogP contribution in [0.3, 0.4) is 0 Å². The lowest BCUT2D eigenvalue weighted by atomic mass is 10.1. The molecule has 0 atom stereocenters. The van der Waals surface area contributed by atoms with Gasteiger partial charge in [0.25, 0.3) is 5.91 Å². The molecule has 0 bridgehead atoms. The Bertz CT molecular complexity index is 1370. The van der Waals surface area contributed by atoms with Gasteiger partial charge in [-0.3, -0.25) is 9.69 Å². The van der Waals surface area contributed by atoms with Gasteiger partial charge in [0.2, 0.25) is 0 Å². The number of rotatable bonds is 7. The molecule has 1 amide bonds. The number of carboxylic acids is 1. The number of ether oxygens (including phenoxy) is 2. The maximum Gasteiger partial charge on any atom is 0.335 e. The highest BCUT2D eigenvalue weighted by Gasteiger charge is 2.30. The van der Waals surface area contributed by atoms with Crippen molar-refractivity contribution in [3.05, 3.63) is 90.9 Å². The number of nitrogens with zero attached hydrogens (tertiary/aromatic N) is 2. The van der Waals surface area contributed by atoms with Gasteiger partial charge >= 0.3 is 5.97 Å². The maximum absolute atomic E-state index is 12.8. The number of hydrogen-bond acceptors (Lipinski definition) is 6. The van der Waals surface area contributed by atoms with Crippen LogP contribution in [-0.4, -0.2) is 41.2 Å². The third kappa shape index (κ3) is 6.03. The van der Waals surface area contributed by atoms with Crippen molar-refractivity contribution in [3.63, 3.8) is 0 Å². The van der Waals surface area contributed by atoms with E-state index in [-0.39, 0.29) is 11.5 Å². The summed E-state index contributed by atoms with van der Waals surface area (Å²) >= 11 is 9.98. The number of methoxy groups -OCH3 is 1. The van der Waals surface area contributed by atoms with Crippen LogP contribution in [0.25, 0.3) is 6.08 Å². The van der Waals surface area contributed by atoms with Gasteiger partial charge in [0.15, 0.2) is 16.7 Å². The lowest BCUT2D eigenvalue weighted by Crippen LogP contribution is -2.23. The predicted octanol–water partition coefficient (Wildman–Crippen LogP) is 6.46. The van der Waals surface area contributed by atoms with Crippen LogP contribution < -0.4 is 9.47 Å². The zero-order valence-electron chi connectivity index (χ0n) is 19.2. The number of hydrogen-bond donors (Lipinski definition) is 1. The van der Waals surface area contributed by atoms with Gasteiger partial charge in [0, 0.05) is 10.6 Å². The fraction of sp³-hybridized carbons (Fsp3) is 0.115. The molecule has 36 heavy (non-hydrogen) atoms. The van der Waals surface area contributed by atoms with E-state index >= 15 is 0 Å². The molecule has 0 saturated carbocycles. The molecule has 3 aromatic rings. The van der Waals surface area contributed by atoms with Crippen molar-refractivity contribution in [2.24, 2.45) is 4.99 Å². The van der Waals surface area contributed by atoms with Gasteiger partial charge in [-0.1, -0.05) is 23.7 Å². The van der Waals surface area contributed by atoms with E-state index in [2.05, 4.69) is 27.6 Å². The first kappa shape index (κ1) is 26.1. The third-order valence-electron chi connectivity index (χ3n) is 5.19. The molecule has 10 heteroatoms. The highest BCUT2D eigenvalue weighted by molar-refractivity contribution is 14.1. The Morgan fingerprint density at radius 2 is 1.86 bits per heavy atom. The topological polar surface area (TPSA) is 88.4 Å². The third-order valence-corrected chi connectivity index (χ3v) is 7.25. The molecule has 1 aliphatic heterocycles. The summed E-state index contributed by atoms with van der Waals surface area (Å²) in [4.78, 5) is 30.3. The highest BCUT2D eigenvalue weighted by atomic mass is 127. The van der Waals surface area contributed by atoms with Gasteiger partial charge in [-0.25, -0.2) is 9.79 Å². The van der Waals surface area contributed by atoms with Crippen molar-refractivity contribution in [3.8, 4) is 11.5 Å². The summed E-state index contributed by atoms with van der Waals surface area (Å²) in [6, 6.07) is 17.6. The second-order valence-corrected chi connectivity index (χ2v) is 10.3. The quantitative estimate of drug-likeness (QED) is 0.237. The Morgan fingerprint density at radius 3 is 2.50 bits per heavy atom. The average Bonchev–Trinajstić information content (AvgIpc) is 3.12. The van der Waals surface area contributed by atoms with Gasteiger partial charge in [-0.2, -0.15) is 0 Å². The second-order valence-electron chi connectivity index (χ2n) is 7.67. The van der Waals surface area contributed by atoms with E-state index in [9.17, 15) is 9.59 Å². The van der Waals surface area contributed by atoms with E-state index in [1.807, 2.05) is 24.3 Å². The molecule has 4 rings (SSSR count). The van der Waals surface area contributed by atoms with Crippen LogP contribution in [-0.2, 0) is 11.4 Å². The molecule has 3 aromatic carbocycles. The smallest absolute Gasteiger partial charge is 0.335 e. The van der Waals surface area contributed by atoms with E-state index in [0.29, 0.717) is 44.5 Å².